The Balaban J connectivity index is 1.77. The van der Waals surface area contributed by atoms with Gasteiger partial charge in [0.1, 0.15) is 6.54 Å². The smallest absolute Gasteiger partial charge is 0.323 e. The number of carboxylic acid groups (broad SMARTS) is 1. The van der Waals surface area contributed by atoms with Gasteiger partial charge in [-0.25, -0.2) is 0 Å². The maximum atomic E-state index is 12.6. The first-order valence-corrected chi connectivity index (χ1v) is 7.70. The summed E-state index contributed by atoms with van der Waals surface area (Å²) < 4.78 is 1.77. The van der Waals surface area contributed by atoms with Crippen LogP contribution in [0.25, 0.3) is 0 Å². The van der Waals surface area contributed by atoms with Gasteiger partial charge in [-0.3, -0.25) is 14.3 Å². The fraction of sp³-hybridized carbons (Fsp3) is 0.312. The molecule has 120 valence electrons. The predicted molar refractivity (Wildman–Crippen MR) is 84.3 cm³/mol. The second-order valence-corrected chi connectivity index (χ2v) is 6.06. The number of aliphatic carboxylic acids is 1. The van der Waals surface area contributed by atoms with Crippen molar-refractivity contribution in [2.75, 3.05) is 6.54 Å². The molecule has 0 unspecified atom stereocenters. The molecule has 0 bridgehead atoms. The summed E-state index contributed by atoms with van der Waals surface area (Å²) in [5.41, 5.74) is 1.23. The van der Waals surface area contributed by atoms with E-state index in [-0.39, 0.29) is 19.0 Å². The standard InChI is InChI=1S/C16H16ClN3O3/c17-13-3-1-11(2-4-13)8-19(10-15(21)22)16(23)12-7-18-20(9-12)14-5-6-14/h1-4,7,9,14H,5-6,8,10H2,(H,21,22). The highest BCUT2D eigenvalue weighted by Gasteiger charge is 2.26. The zero-order valence-corrected chi connectivity index (χ0v) is 13.1. The molecule has 1 saturated carbocycles. The van der Waals surface area contributed by atoms with Crippen molar-refractivity contribution in [2.24, 2.45) is 0 Å². The van der Waals surface area contributed by atoms with Crippen LogP contribution >= 0.6 is 11.6 Å². The molecule has 1 N–H and O–H groups in total. The van der Waals surface area contributed by atoms with Gasteiger partial charge in [0.15, 0.2) is 0 Å². The molecule has 1 aromatic heterocycles. The molecule has 0 radical (unpaired) electrons. The van der Waals surface area contributed by atoms with E-state index in [1.807, 2.05) is 0 Å². The highest BCUT2D eigenvalue weighted by Crippen LogP contribution is 2.34. The van der Waals surface area contributed by atoms with Crippen LogP contribution in [0.15, 0.2) is 36.7 Å². The number of halogens is 1. The molecule has 1 fully saturated rings. The van der Waals surface area contributed by atoms with Crippen LogP contribution in [0.2, 0.25) is 5.02 Å². The molecule has 0 aliphatic heterocycles. The number of benzene rings is 1. The van der Waals surface area contributed by atoms with Crippen LogP contribution in [0.4, 0.5) is 0 Å². The van der Waals surface area contributed by atoms with Crippen LogP contribution in [0, 0.1) is 0 Å². The normalized spacial score (nSPS) is 13.8. The summed E-state index contributed by atoms with van der Waals surface area (Å²) >= 11 is 5.84. The van der Waals surface area contributed by atoms with Gasteiger partial charge in [0.05, 0.1) is 17.8 Å². The van der Waals surface area contributed by atoms with E-state index >= 15 is 0 Å². The Morgan fingerprint density at radius 1 is 1.30 bits per heavy atom. The fourth-order valence-corrected chi connectivity index (χ4v) is 2.47. The minimum Gasteiger partial charge on any atom is -0.480 e. The maximum absolute atomic E-state index is 12.6. The van der Waals surface area contributed by atoms with E-state index in [2.05, 4.69) is 5.10 Å². The number of hydrogen-bond donors (Lipinski definition) is 1. The van der Waals surface area contributed by atoms with Crippen molar-refractivity contribution in [2.45, 2.75) is 25.4 Å². The molecule has 23 heavy (non-hydrogen) atoms. The van der Waals surface area contributed by atoms with Gasteiger partial charge in [-0.2, -0.15) is 5.10 Å². The van der Waals surface area contributed by atoms with Crippen molar-refractivity contribution in [3.05, 3.63) is 52.8 Å². The molecule has 1 amide bonds. The molecular formula is C16H16ClN3O3. The van der Waals surface area contributed by atoms with Crippen molar-refractivity contribution in [3.8, 4) is 0 Å². The first-order chi connectivity index (χ1) is 11.0. The Kier molecular flexibility index (Phi) is 4.34. The van der Waals surface area contributed by atoms with Crippen LogP contribution in [0.5, 0.6) is 0 Å². The molecule has 2 aromatic rings. The van der Waals surface area contributed by atoms with Crippen LogP contribution < -0.4 is 0 Å². The highest BCUT2D eigenvalue weighted by atomic mass is 35.5. The average Bonchev–Trinajstić information content (AvgIpc) is 3.25. The molecule has 1 aromatic carbocycles. The molecule has 1 aliphatic carbocycles. The topological polar surface area (TPSA) is 75.4 Å². The zero-order valence-electron chi connectivity index (χ0n) is 12.4. The Bertz CT molecular complexity index is 722. The highest BCUT2D eigenvalue weighted by molar-refractivity contribution is 6.30. The van der Waals surface area contributed by atoms with Crippen LogP contribution in [0.1, 0.15) is 34.8 Å². The third-order valence-electron chi connectivity index (χ3n) is 3.67. The molecule has 1 heterocycles. The van der Waals surface area contributed by atoms with Gasteiger partial charge in [0.25, 0.3) is 5.91 Å². The Morgan fingerprint density at radius 2 is 2.00 bits per heavy atom. The maximum Gasteiger partial charge on any atom is 0.323 e. The lowest BCUT2D eigenvalue weighted by Gasteiger charge is -2.20. The van der Waals surface area contributed by atoms with E-state index in [9.17, 15) is 9.59 Å². The average molecular weight is 334 g/mol. The summed E-state index contributed by atoms with van der Waals surface area (Å²) in [6, 6.07) is 7.35. The van der Waals surface area contributed by atoms with E-state index in [1.165, 1.54) is 11.1 Å². The minimum absolute atomic E-state index is 0.205. The Labute approximate surface area is 138 Å². The van der Waals surface area contributed by atoms with E-state index in [0.717, 1.165) is 18.4 Å². The molecule has 6 nitrogen and oxygen atoms in total. The summed E-state index contributed by atoms with van der Waals surface area (Å²) in [6.07, 6.45) is 5.33. The summed E-state index contributed by atoms with van der Waals surface area (Å²) in [4.78, 5) is 25.0. The summed E-state index contributed by atoms with van der Waals surface area (Å²) in [7, 11) is 0. The monoisotopic (exact) mass is 333 g/mol. The van der Waals surface area contributed by atoms with Gasteiger partial charge in [0, 0.05) is 17.8 Å². The number of carbonyl (C=O) groups is 2. The van der Waals surface area contributed by atoms with Crippen molar-refractivity contribution in [3.63, 3.8) is 0 Å². The summed E-state index contributed by atoms with van der Waals surface area (Å²) in [5, 5.41) is 13.8. The van der Waals surface area contributed by atoms with Crippen molar-refractivity contribution < 1.29 is 14.7 Å². The third-order valence-corrected chi connectivity index (χ3v) is 3.92. The first kappa shape index (κ1) is 15.6. The number of nitrogens with zero attached hydrogens (tertiary/aromatic N) is 3. The van der Waals surface area contributed by atoms with E-state index in [4.69, 9.17) is 16.7 Å². The Hall–Kier alpha value is -2.34. The molecule has 0 saturated heterocycles. The molecular weight excluding hydrogens is 318 g/mol. The lowest BCUT2D eigenvalue weighted by molar-refractivity contribution is -0.137. The van der Waals surface area contributed by atoms with E-state index in [0.29, 0.717) is 16.6 Å². The van der Waals surface area contributed by atoms with Gasteiger partial charge in [0.2, 0.25) is 0 Å². The first-order valence-electron chi connectivity index (χ1n) is 7.32. The second kappa shape index (κ2) is 6.42. The number of amides is 1. The molecule has 1 aliphatic rings. The minimum atomic E-state index is -1.05. The van der Waals surface area contributed by atoms with Crippen molar-refractivity contribution >= 4 is 23.5 Å². The molecule has 0 spiro atoms. The van der Waals surface area contributed by atoms with Gasteiger partial charge in [-0.15, -0.1) is 0 Å². The van der Waals surface area contributed by atoms with Gasteiger partial charge >= 0.3 is 5.97 Å². The number of aromatic nitrogens is 2. The summed E-state index contributed by atoms with van der Waals surface area (Å²) in [6.45, 7) is -0.160. The fourth-order valence-electron chi connectivity index (χ4n) is 2.34. The predicted octanol–water partition coefficient (Wildman–Crippen LogP) is 2.60. The number of carbonyl (C=O) groups excluding carboxylic acids is 1. The number of rotatable bonds is 6. The second-order valence-electron chi connectivity index (χ2n) is 5.62. The van der Waals surface area contributed by atoms with Crippen LogP contribution in [-0.2, 0) is 11.3 Å². The largest absolute Gasteiger partial charge is 0.480 e. The lowest BCUT2D eigenvalue weighted by Crippen LogP contribution is -2.35. The van der Waals surface area contributed by atoms with Crippen molar-refractivity contribution in [1.29, 1.82) is 0 Å². The zero-order chi connectivity index (χ0) is 16.4. The third kappa shape index (κ3) is 3.90. The molecule has 0 atom stereocenters. The van der Waals surface area contributed by atoms with Gasteiger partial charge in [-0.05, 0) is 30.5 Å². The van der Waals surface area contributed by atoms with E-state index < -0.39 is 5.97 Å². The van der Waals surface area contributed by atoms with Gasteiger partial charge in [-0.1, -0.05) is 23.7 Å². The van der Waals surface area contributed by atoms with Gasteiger partial charge < -0.3 is 10.0 Å². The van der Waals surface area contributed by atoms with Crippen LogP contribution in [0.3, 0.4) is 0 Å². The number of carboxylic acids is 1. The lowest BCUT2D eigenvalue weighted by atomic mass is 10.2. The summed E-state index contributed by atoms with van der Waals surface area (Å²) in [5.74, 6) is -1.39. The Morgan fingerprint density at radius 3 is 2.61 bits per heavy atom. The van der Waals surface area contributed by atoms with Crippen LogP contribution in [-0.4, -0.2) is 38.2 Å². The quantitative estimate of drug-likeness (QED) is 0.881. The van der Waals surface area contributed by atoms with E-state index in [1.54, 1.807) is 35.1 Å². The number of hydrogen-bond acceptors (Lipinski definition) is 3. The molecule has 3 rings (SSSR count). The molecule has 7 heteroatoms. The van der Waals surface area contributed by atoms with Crippen molar-refractivity contribution in [1.82, 2.24) is 14.7 Å². The SMILES string of the molecule is O=C(O)CN(Cc1ccc(Cl)cc1)C(=O)c1cnn(C2CC2)c1.